The van der Waals surface area contributed by atoms with Crippen LogP contribution in [0.15, 0.2) is 29.7 Å². The standard InChI is InChI=1S/C13H11ClF3NO3/c1-7-2-3-8(6-9(7)14)18-12(19)10-11(13(15,16)17)21-5-4-20-10/h2-3,6H,4-5H2,1H3,(H,18,19). The number of benzene rings is 1. The number of anilines is 1. The second-order valence-electron chi connectivity index (χ2n) is 4.27. The van der Waals surface area contributed by atoms with Crippen molar-refractivity contribution in [1.29, 1.82) is 0 Å². The fourth-order valence-electron chi connectivity index (χ4n) is 1.66. The van der Waals surface area contributed by atoms with Gasteiger partial charge in [0, 0.05) is 10.7 Å². The van der Waals surface area contributed by atoms with E-state index in [-0.39, 0.29) is 18.9 Å². The monoisotopic (exact) mass is 321 g/mol. The van der Waals surface area contributed by atoms with E-state index in [9.17, 15) is 18.0 Å². The highest BCUT2D eigenvalue weighted by molar-refractivity contribution is 6.31. The van der Waals surface area contributed by atoms with Gasteiger partial charge < -0.3 is 14.8 Å². The van der Waals surface area contributed by atoms with Crippen molar-refractivity contribution in [1.82, 2.24) is 0 Å². The lowest BCUT2D eigenvalue weighted by Gasteiger charge is -2.22. The van der Waals surface area contributed by atoms with Gasteiger partial charge in [0.25, 0.3) is 5.91 Å². The Bertz CT molecular complexity index is 599. The number of ether oxygens (including phenoxy) is 2. The Morgan fingerprint density at radius 2 is 1.95 bits per heavy atom. The molecule has 0 aromatic heterocycles. The first-order valence-corrected chi connectivity index (χ1v) is 6.31. The number of carbonyl (C=O) groups is 1. The molecule has 1 heterocycles. The van der Waals surface area contributed by atoms with E-state index in [0.29, 0.717) is 5.02 Å². The smallest absolute Gasteiger partial charge is 0.453 e. The Kier molecular flexibility index (Phi) is 4.32. The highest BCUT2D eigenvalue weighted by atomic mass is 35.5. The SMILES string of the molecule is Cc1ccc(NC(=O)C2=C(C(F)(F)F)OCCO2)cc1Cl. The molecule has 21 heavy (non-hydrogen) atoms. The van der Waals surface area contributed by atoms with Crippen LogP contribution in [0.4, 0.5) is 18.9 Å². The predicted molar refractivity (Wildman–Crippen MR) is 69.8 cm³/mol. The van der Waals surface area contributed by atoms with E-state index in [1.165, 1.54) is 12.1 Å². The second kappa shape index (κ2) is 5.85. The van der Waals surface area contributed by atoms with Crippen molar-refractivity contribution in [2.45, 2.75) is 13.1 Å². The molecule has 1 N–H and O–H groups in total. The van der Waals surface area contributed by atoms with Crippen molar-refractivity contribution in [3.8, 4) is 0 Å². The molecule has 0 bridgehead atoms. The molecule has 0 saturated heterocycles. The number of aryl methyl sites for hydroxylation is 1. The summed E-state index contributed by atoms with van der Waals surface area (Å²) in [6.07, 6.45) is -4.79. The van der Waals surface area contributed by atoms with Crippen LogP contribution >= 0.6 is 11.6 Å². The summed E-state index contributed by atoms with van der Waals surface area (Å²) in [4.78, 5) is 11.9. The third kappa shape index (κ3) is 3.60. The van der Waals surface area contributed by atoms with Crippen molar-refractivity contribution in [2.75, 3.05) is 18.5 Å². The Morgan fingerprint density at radius 1 is 1.29 bits per heavy atom. The van der Waals surface area contributed by atoms with Gasteiger partial charge >= 0.3 is 6.18 Å². The van der Waals surface area contributed by atoms with E-state index < -0.39 is 23.6 Å². The van der Waals surface area contributed by atoms with Crippen molar-refractivity contribution < 1.29 is 27.4 Å². The zero-order chi connectivity index (χ0) is 15.6. The van der Waals surface area contributed by atoms with Gasteiger partial charge in [-0.3, -0.25) is 4.79 Å². The molecule has 0 aliphatic carbocycles. The van der Waals surface area contributed by atoms with Gasteiger partial charge in [0.05, 0.1) is 0 Å². The molecule has 1 aromatic carbocycles. The lowest BCUT2D eigenvalue weighted by atomic mass is 10.2. The fourth-order valence-corrected chi connectivity index (χ4v) is 1.84. The van der Waals surface area contributed by atoms with Crippen LogP contribution in [-0.4, -0.2) is 25.3 Å². The highest BCUT2D eigenvalue weighted by Gasteiger charge is 2.43. The van der Waals surface area contributed by atoms with Gasteiger partial charge in [-0.25, -0.2) is 0 Å². The number of allylic oxidation sites excluding steroid dienone is 1. The zero-order valence-electron chi connectivity index (χ0n) is 10.9. The summed E-state index contributed by atoms with van der Waals surface area (Å²) in [7, 11) is 0. The lowest BCUT2D eigenvalue weighted by molar-refractivity contribution is -0.151. The van der Waals surface area contributed by atoms with Gasteiger partial charge in [-0.1, -0.05) is 17.7 Å². The van der Waals surface area contributed by atoms with Gasteiger partial charge in [-0.05, 0) is 24.6 Å². The molecular weight excluding hydrogens is 311 g/mol. The van der Waals surface area contributed by atoms with Crippen LogP contribution in [-0.2, 0) is 14.3 Å². The number of rotatable bonds is 2. The van der Waals surface area contributed by atoms with Crippen molar-refractivity contribution in [2.24, 2.45) is 0 Å². The van der Waals surface area contributed by atoms with E-state index in [0.717, 1.165) is 5.56 Å². The van der Waals surface area contributed by atoms with E-state index in [4.69, 9.17) is 16.3 Å². The Morgan fingerprint density at radius 3 is 2.57 bits per heavy atom. The van der Waals surface area contributed by atoms with Gasteiger partial charge in [-0.2, -0.15) is 13.2 Å². The van der Waals surface area contributed by atoms with Crippen molar-refractivity contribution >= 4 is 23.2 Å². The molecule has 0 atom stereocenters. The molecule has 2 rings (SSSR count). The second-order valence-corrected chi connectivity index (χ2v) is 4.68. The molecule has 0 radical (unpaired) electrons. The van der Waals surface area contributed by atoms with E-state index in [1.807, 2.05) is 0 Å². The van der Waals surface area contributed by atoms with E-state index in [1.54, 1.807) is 13.0 Å². The van der Waals surface area contributed by atoms with Crippen LogP contribution in [0.3, 0.4) is 0 Å². The van der Waals surface area contributed by atoms with Crippen molar-refractivity contribution in [3.63, 3.8) is 0 Å². The van der Waals surface area contributed by atoms with Crippen LogP contribution in [0.1, 0.15) is 5.56 Å². The molecular formula is C13H11ClF3NO3. The molecule has 0 spiro atoms. The normalized spacial score (nSPS) is 15.3. The summed E-state index contributed by atoms with van der Waals surface area (Å²) >= 11 is 5.89. The lowest BCUT2D eigenvalue weighted by Crippen LogP contribution is -2.30. The number of carbonyl (C=O) groups excluding carboxylic acids is 1. The minimum atomic E-state index is -4.79. The van der Waals surface area contributed by atoms with Crippen LogP contribution in [0.25, 0.3) is 0 Å². The van der Waals surface area contributed by atoms with E-state index >= 15 is 0 Å². The molecule has 0 unspecified atom stereocenters. The van der Waals surface area contributed by atoms with Gasteiger partial charge in [0.15, 0.2) is 0 Å². The summed E-state index contributed by atoms with van der Waals surface area (Å²) < 4.78 is 47.5. The van der Waals surface area contributed by atoms with Crippen LogP contribution < -0.4 is 5.32 Å². The molecule has 114 valence electrons. The van der Waals surface area contributed by atoms with Crippen LogP contribution in [0, 0.1) is 6.92 Å². The Labute approximate surface area is 123 Å². The number of alkyl halides is 3. The Hall–Kier alpha value is -1.89. The molecule has 8 heteroatoms. The maximum absolute atomic E-state index is 12.7. The first-order chi connectivity index (χ1) is 9.79. The molecule has 1 aliphatic heterocycles. The topological polar surface area (TPSA) is 47.6 Å². The van der Waals surface area contributed by atoms with Crippen LogP contribution in [0.5, 0.6) is 0 Å². The van der Waals surface area contributed by atoms with Crippen LogP contribution in [0.2, 0.25) is 5.02 Å². The number of halogens is 4. The fraction of sp³-hybridized carbons (Fsp3) is 0.308. The molecule has 0 fully saturated rings. The highest BCUT2D eigenvalue weighted by Crippen LogP contribution is 2.32. The maximum atomic E-state index is 12.7. The Balaban J connectivity index is 2.25. The summed E-state index contributed by atoms with van der Waals surface area (Å²) in [6.45, 7) is 1.37. The quantitative estimate of drug-likeness (QED) is 0.908. The minimum absolute atomic E-state index is 0.128. The predicted octanol–water partition coefficient (Wildman–Crippen LogP) is 3.41. The average molecular weight is 322 g/mol. The maximum Gasteiger partial charge on any atom is 0.453 e. The third-order valence-corrected chi connectivity index (χ3v) is 3.08. The summed E-state index contributed by atoms with van der Waals surface area (Å²) in [6, 6.07) is 4.60. The molecule has 0 saturated carbocycles. The first kappa shape index (κ1) is 15.5. The zero-order valence-corrected chi connectivity index (χ0v) is 11.6. The summed E-state index contributed by atoms with van der Waals surface area (Å²) in [5, 5.41) is 2.68. The number of nitrogens with one attached hydrogen (secondary N) is 1. The van der Waals surface area contributed by atoms with Gasteiger partial charge in [0.2, 0.25) is 11.5 Å². The summed E-state index contributed by atoms with van der Waals surface area (Å²) in [5.41, 5.74) is 1.04. The average Bonchev–Trinajstić information content (AvgIpc) is 2.42. The van der Waals surface area contributed by atoms with Gasteiger partial charge in [-0.15, -0.1) is 0 Å². The van der Waals surface area contributed by atoms with Gasteiger partial charge in [0.1, 0.15) is 13.2 Å². The van der Waals surface area contributed by atoms with Crippen molar-refractivity contribution in [3.05, 3.63) is 40.3 Å². The number of hydrogen-bond donors (Lipinski definition) is 1. The summed E-state index contributed by atoms with van der Waals surface area (Å²) in [5.74, 6) is -3.35. The molecule has 1 aromatic rings. The molecule has 1 aliphatic rings. The molecule has 4 nitrogen and oxygen atoms in total. The largest absolute Gasteiger partial charge is 0.483 e. The first-order valence-electron chi connectivity index (χ1n) is 5.93. The minimum Gasteiger partial charge on any atom is -0.483 e. The third-order valence-electron chi connectivity index (χ3n) is 2.68. The number of amides is 1. The van der Waals surface area contributed by atoms with E-state index in [2.05, 4.69) is 10.1 Å². The number of hydrogen-bond acceptors (Lipinski definition) is 3. The molecule has 1 amide bonds.